The third kappa shape index (κ3) is 3.88. The fourth-order valence-corrected chi connectivity index (χ4v) is 3.08. The van der Waals surface area contributed by atoms with Crippen molar-refractivity contribution < 1.29 is 18.8 Å². The summed E-state index contributed by atoms with van der Waals surface area (Å²) in [6, 6.07) is 23.1. The average Bonchev–Trinajstić information content (AvgIpc) is 3.22. The summed E-state index contributed by atoms with van der Waals surface area (Å²) in [5.74, 6) is 1.08. The number of hydrogen-bond acceptors (Lipinski definition) is 5. The van der Waals surface area contributed by atoms with Gasteiger partial charge in [-0.05, 0) is 40.6 Å². The standard InChI is InChI=1S/C23H19NO4/c1-26-20-11-9-17(10-12-20)22-14-19(24-28-22)15-27-23(25)13-18-7-4-6-16-5-2-3-8-21(16)18/h2-12,14H,13,15H2,1H3. The van der Waals surface area contributed by atoms with Crippen molar-refractivity contribution in [3.05, 3.63) is 84.1 Å². The van der Waals surface area contributed by atoms with Crippen LogP contribution in [-0.4, -0.2) is 18.2 Å². The van der Waals surface area contributed by atoms with Crippen LogP contribution in [0.2, 0.25) is 0 Å². The third-order valence-corrected chi connectivity index (χ3v) is 4.53. The predicted molar refractivity (Wildman–Crippen MR) is 106 cm³/mol. The zero-order valence-corrected chi connectivity index (χ0v) is 15.4. The Morgan fingerprint density at radius 1 is 1.00 bits per heavy atom. The van der Waals surface area contributed by atoms with Crippen LogP contribution in [0.4, 0.5) is 0 Å². The van der Waals surface area contributed by atoms with Gasteiger partial charge in [-0.1, -0.05) is 47.6 Å². The molecule has 4 rings (SSSR count). The lowest BCUT2D eigenvalue weighted by atomic mass is 10.0. The highest BCUT2D eigenvalue weighted by molar-refractivity contribution is 5.88. The smallest absolute Gasteiger partial charge is 0.310 e. The van der Waals surface area contributed by atoms with E-state index in [1.54, 1.807) is 13.2 Å². The van der Waals surface area contributed by atoms with Gasteiger partial charge >= 0.3 is 5.97 Å². The molecule has 1 heterocycles. The molecule has 3 aromatic carbocycles. The Balaban J connectivity index is 1.39. The number of fused-ring (bicyclic) bond motifs is 1. The van der Waals surface area contributed by atoms with Gasteiger partial charge in [0.15, 0.2) is 5.76 Å². The third-order valence-electron chi connectivity index (χ3n) is 4.53. The molecule has 5 nitrogen and oxygen atoms in total. The van der Waals surface area contributed by atoms with Crippen LogP contribution < -0.4 is 4.74 Å². The van der Waals surface area contributed by atoms with Crippen molar-refractivity contribution in [1.29, 1.82) is 0 Å². The SMILES string of the molecule is COc1ccc(-c2cc(COC(=O)Cc3cccc4ccccc34)no2)cc1. The molecule has 4 aromatic rings. The Labute approximate surface area is 162 Å². The molecule has 0 fully saturated rings. The maximum absolute atomic E-state index is 12.3. The summed E-state index contributed by atoms with van der Waals surface area (Å²) in [4.78, 5) is 12.3. The molecule has 1 aromatic heterocycles. The number of aromatic nitrogens is 1. The molecule has 0 N–H and O–H groups in total. The molecular weight excluding hydrogens is 354 g/mol. The normalized spacial score (nSPS) is 10.8. The van der Waals surface area contributed by atoms with Gasteiger partial charge in [-0.25, -0.2) is 0 Å². The van der Waals surface area contributed by atoms with Crippen LogP contribution in [0.5, 0.6) is 5.75 Å². The highest BCUT2D eigenvalue weighted by Gasteiger charge is 2.11. The highest BCUT2D eigenvalue weighted by Crippen LogP contribution is 2.23. The average molecular weight is 373 g/mol. The lowest BCUT2D eigenvalue weighted by Gasteiger charge is -2.06. The van der Waals surface area contributed by atoms with Crippen molar-refractivity contribution in [2.45, 2.75) is 13.0 Å². The Hall–Kier alpha value is -3.60. The number of carbonyl (C=O) groups is 1. The number of nitrogens with zero attached hydrogens (tertiary/aromatic N) is 1. The second kappa shape index (κ2) is 7.96. The van der Waals surface area contributed by atoms with E-state index < -0.39 is 0 Å². The number of carbonyl (C=O) groups excluding carboxylic acids is 1. The van der Waals surface area contributed by atoms with Crippen LogP contribution in [0.3, 0.4) is 0 Å². The predicted octanol–water partition coefficient (Wildman–Crippen LogP) is 4.79. The van der Waals surface area contributed by atoms with E-state index in [1.165, 1.54) is 0 Å². The van der Waals surface area contributed by atoms with E-state index in [2.05, 4.69) is 5.16 Å². The molecule has 0 aliphatic carbocycles. The number of methoxy groups -OCH3 is 1. The molecule has 0 saturated carbocycles. The van der Waals surface area contributed by atoms with E-state index in [0.29, 0.717) is 11.5 Å². The van der Waals surface area contributed by atoms with Crippen LogP contribution in [0, 0.1) is 0 Å². The molecule has 0 saturated heterocycles. The maximum atomic E-state index is 12.3. The van der Waals surface area contributed by atoms with E-state index in [0.717, 1.165) is 27.6 Å². The van der Waals surface area contributed by atoms with Crippen LogP contribution in [0.25, 0.3) is 22.1 Å². The molecule has 5 heteroatoms. The molecule has 0 radical (unpaired) electrons. The van der Waals surface area contributed by atoms with Crippen molar-refractivity contribution in [3.8, 4) is 17.1 Å². The summed E-state index contributed by atoms with van der Waals surface area (Å²) in [7, 11) is 1.62. The van der Waals surface area contributed by atoms with E-state index in [4.69, 9.17) is 14.0 Å². The largest absolute Gasteiger partial charge is 0.497 e. The Kier molecular flexibility index (Phi) is 5.06. The van der Waals surface area contributed by atoms with Gasteiger partial charge in [-0.2, -0.15) is 0 Å². The molecule has 0 atom stereocenters. The summed E-state index contributed by atoms with van der Waals surface area (Å²) in [6.07, 6.45) is 0.213. The molecular formula is C23H19NO4. The highest BCUT2D eigenvalue weighted by atomic mass is 16.5. The molecule has 28 heavy (non-hydrogen) atoms. The summed E-state index contributed by atoms with van der Waals surface area (Å²) >= 11 is 0. The van der Waals surface area contributed by atoms with E-state index in [1.807, 2.05) is 66.7 Å². The van der Waals surface area contributed by atoms with Gasteiger partial charge < -0.3 is 14.0 Å². The van der Waals surface area contributed by atoms with Gasteiger partial charge in [0, 0.05) is 11.6 Å². The maximum Gasteiger partial charge on any atom is 0.310 e. The van der Waals surface area contributed by atoms with Crippen molar-refractivity contribution in [1.82, 2.24) is 5.16 Å². The fourth-order valence-electron chi connectivity index (χ4n) is 3.08. The quantitative estimate of drug-likeness (QED) is 0.455. The minimum Gasteiger partial charge on any atom is -0.497 e. The molecule has 0 bridgehead atoms. The van der Waals surface area contributed by atoms with Gasteiger partial charge in [0.25, 0.3) is 0 Å². The summed E-state index contributed by atoms with van der Waals surface area (Å²) in [5.41, 5.74) is 2.39. The van der Waals surface area contributed by atoms with Gasteiger partial charge in [-0.3, -0.25) is 4.79 Å². The van der Waals surface area contributed by atoms with Crippen LogP contribution in [-0.2, 0) is 22.6 Å². The molecule has 0 amide bonds. The molecule has 0 spiro atoms. The van der Waals surface area contributed by atoms with Crippen molar-refractivity contribution in [2.24, 2.45) is 0 Å². The van der Waals surface area contributed by atoms with Gasteiger partial charge in [0.1, 0.15) is 18.1 Å². The topological polar surface area (TPSA) is 61.6 Å². The molecule has 0 unspecified atom stereocenters. The first-order valence-corrected chi connectivity index (χ1v) is 8.95. The number of esters is 1. The number of benzene rings is 3. The number of ether oxygens (including phenoxy) is 2. The van der Waals surface area contributed by atoms with Crippen molar-refractivity contribution >= 4 is 16.7 Å². The zero-order valence-electron chi connectivity index (χ0n) is 15.4. The lowest BCUT2D eigenvalue weighted by molar-refractivity contribution is -0.144. The van der Waals surface area contributed by atoms with Crippen LogP contribution in [0.15, 0.2) is 77.3 Å². The first-order valence-electron chi connectivity index (χ1n) is 8.95. The van der Waals surface area contributed by atoms with E-state index in [9.17, 15) is 4.79 Å². The Bertz CT molecular complexity index is 1090. The first kappa shape index (κ1) is 17.8. The summed E-state index contributed by atoms with van der Waals surface area (Å²) in [5, 5.41) is 6.15. The fraction of sp³-hybridized carbons (Fsp3) is 0.130. The van der Waals surface area contributed by atoms with Crippen molar-refractivity contribution in [3.63, 3.8) is 0 Å². The van der Waals surface area contributed by atoms with Crippen LogP contribution >= 0.6 is 0 Å². The number of rotatable bonds is 6. The monoisotopic (exact) mass is 373 g/mol. The first-order chi connectivity index (χ1) is 13.7. The molecule has 140 valence electrons. The summed E-state index contributed by atoms with van der Waals surface area (Å²) in [6.45, 7) is 0.0727. The lowest BCUT2D eigenvalue weighted by Crippen LogP contribution is -2.08. The van der Waals surface area contributed by atoms with Gasteiger partial charge in [0.2, 0.25) is 0 Å². The molecule has 0 aliphatic heterocycles. The van der Waals surface area contributed by atoms with Crippen LogP contribution in [0.1, 0.15) is 11.3 Å². The zero-order chi connectivity index (χ0) is 19.3. The minimum atomic E-state index is -0.301. The Morgan fingerprint density at radius 3 is 2.61 bits per heavy atom. The number of hydrogen-bond donors (Lipinski definition) is 0. The minimum absolute atomic E-state index is 0.0727. The van der Waals surface area contributed by atoms with Gasteiger partial charge in [-0.15, -0.1) is 0 Å². The Morgan fingerprint density at radius 2 is 1.79 bits per heavy atom. The summed E-state index contributed by atoms with van der Waals surface area (Å²) < 4.78 is 15.9. The van der Waals surface area contributed by atoms with E-state index >= 15 is 0 Å². The second-order valence-corrected chi connectivity index (χ2v) is 6.39. The van der Waals surface area contributed by atoms with Gasteiger partial charge in [0.05, 0.1) is 13.5 Å². The molecule has 0 aliphatic rings. The second-order valence-electron chi connectivity index (χ2n) is 6.39. The van der Waals surface area contributed by atoms with E-state index in [-0.39, 0.29) is 19.0 Å². The van der Waals surface area contributed by atoms with Crippen molar-refractivity contribution in [2.75, 3.05) is 7.11 Å².